The fraction of sp³-hybridized carbons (Fsp3) is 0.500. The summed E-state index contributed by atoms with van der Waals surface area (Å²) in [5.41, 5.74) is 8.02. The number of hydrogen-bond acceptors (Lipinski definition) is 3. The van der Waals surface area contributed by atoms with Gasteiger partial charge < -0.3 is 16.0 Å². The standard InChI is InChI=1S/C8H11N3O4/c1-5(12)11-7(8(14)15)3-2-6(13)4-10-9/h4,7H,2-3H2,1H3,(H,11,12)(H,14,15). The first-order chi connectivity index (χ1) is 6.97. The maximum Gasteiger partial charge on any atom is 0.326 e. The van der Waals surface area contributed by atoms with Crippen LogP contribution in [0.1, 0.15) is 19.8 Å². The molecule has 0 aliphatic rings. The van der Waals surface area contributed by atoms with E-state index in [2.05, 4.69) is 10.1 Å². The lowest BCUT2D eigenvalue weighted by atomic mass is 10.1. The molecule has 0 radical (unpaired) electrons. The van der Waals surface area contributed by atoms with Crippen molar-refractivity contribution in [1.82, 2.24) is 5.32 Å². The van der Waals surface area contributed by atoms with E-state index in [-0.39, 0.29) is 12.8 Å². The van der Waals surface area contributed by atoms with E-state index in [0.29, 0.717) is 6.21 Å². The second kappa shape index (κ2) is 6.44. The van der Waals surface area contributed by atoms with E-state index in [1.165, 1.54) is 6.92 Å². The Morgan fingerprint density at radius 2 is 2.13 bits per heavy atom. The summed E-state index contributed by atoms with van der Waals surface area (Å²) in [6.45, 7) is 1.19. The van der Waals surface area contributed by atoms with Crippen LogP contribution in [0.2, 0.25) is 0 Å². The van der Waals surface area contributed by atoms with Crippen LogP contribution in [-0.2, 0) is 14.4 Å². The van der Waals surface area contributed by atoms with Gasteiger partial charge in [0.25, 0.3) is 0 Å². The zero-order chi connectivity index (χ0) is 11.8. The molecule has 1 unspecified atom stereocenters. The highest BCUT2D eigenvalue weighted by Gasteiger charge is 2.19. The molecule has 0 spiro atoms. The molecule has 7 heteroatoms. The molecule has 0 bridgehead atoms. The molecule has 82 valence electrons. The summed E-state index contributed by atoms with van der Waals surface area (Å²) in [6, 6.07) is -1.10. The normalized spacial score (nSPS) is 11.0. The number of nitrogens with one attached hydrogen (secondary N) is 1. The molecule has 0 aliphatic heterocycles. The number of carbonyl (C=O) groups excluding carboxylic acids is 2. The van der Waals surface area contributed by atoms with E-state index < -0.39 is 23.7 Å². The molecule has 0 rings (SSSR count). The number of amides is 1. The van der Waals surface area contributed by atoms with Crippen molar-refractivity contribution in [2.45, 2.75) is 25.8 Å². The van der Waals surface area contributed by atoms with Crippen LogP contribution in [0.3, 0.4) is 0 Å². The first-order valence-electron chi connectivity index (χ1n) is 4.17. The van der Waals surface area contributed by atoms with E-state index in [0.717, 1.165) is 0 Å². The van der Waals surface area contributed by atoms with Crippen LogP contribution < -0.4 is 5.32 Å². The van der Waals surface area contributed by atoms with Gasteiger partial charge in [0.2, 0.25) is 11.7 Å². The Labute approximate surface area is 85.7 Å². The number of rotatable bonds is 6. The minimum Gasteiger partial charge on any atom is -0.480 e. The molecule has 2 N–H and O–H groups in total. The van der Waals surface area contributed by atoms with Crippen LogP contribution in [0, 0.1) is 0 Å². The van der Waals surface area contributed by atoms with Gasteiger partial charge in [0.15, 0.2) is 0 Å². The van der Waals surface area contributed by atoms with Crippen molar-refractivity contribution in [3.63, 3.8) is 0 Å². The molecule has 1 amide bonds. The number of hydrogen-bond donors (Lipinski definition) is 2. The van der Waals surface area contributed by atoms with E-state index in [4.69, 9.17) is 10.6 Å². The smallest absolute Gasteiger partial charge is 0.326 e. The van der Waals surface area contributed by atoms with Crippen LogP contribution in [0.5, 0.6) is 0 Å². The number of carboxylic acids is 1. The number of Topliss-reactive ketones (excluding diaryl/α,β-unsaturated/α-hetero) is 1. The van der Waals surface area contributed by atoms with Gasteiger partial charge in [0, 0.05) is 13.3 Å². The maximum atomic E-state index is 10.8. The number of carbonyl (C=O) groups is 3. The Balaban J connectivity index is 4.18. The molecular weight excluding hydrogens is 202 g/mol. The Hall–Kier alpha value is -2.01. The summed E-state index contributed by atoms with van der Waals surface area (Å²) in [7, 11) is 0. The van der Waals surface area contributed by atoms with Gasteiger partial charge in [-0.25, -0.2) is 4.79 Å². The van der Waals surface area contributed by atoms with Crippen molar-refractivity contribution in [2.24, 2.45) is 0 Å². The van der Waals surface area contributed by atoms with Gasteiger partial charge in [0.1, 0.15) is 6.04 Å². The number of nitrogens with zero attached hydrogens (tertiary/aromatic N) is 2. The predicted molar refractivity (Wildman–Crippen MR) is 49.2 cm³/mol. The average molecular weight is 213 g/mol. The molecule has 0 aromatic heterocycles. The third kappa shape index (κ3) is 6.11. The van der Waals surface area contributed by atoms with E-state index in [9.17, 15) is 14.4 Å². The summed E-state index contributed by atoms with van der Waals surface area (Å²) in [6.07, 6.45) is 0.535. The van der Waals surface area contributed by atoms with E-state index >= 15 is 0 Å². The Morgan fingerprint density at radius 1 is 1.53 bits per heavy atom. The van der Waals surface area contributed by atoms with Gasteiger partial charge >= 0.3 is 12.2 Å². The molecule has 0 aliphatic carbocycles. The monoisotopic (exact) mass is 213 g/mol. The minimum atomic E-state index is -1.21. The van der Waals surface area contributed by atoms with Crippen molar-refractivity contribution in [2.75, 3.05) is 0 Å². The van der Waals surface area contributed by atoms with Gasteiger partial charge in [-0.2, -0.15) is 4.79 Å². The van der Waals surface area contributed by atoms with Gasteiger partial charge in [-0.05, 0) is 6.42 Å². The Bertz CT molecular complexity index is 320. The van der Waals surface area contributed by atoms with Crippen molar-refractivity contribution >= 4 is 23.9 Å². The fourth-order valence-electron chi connectivity index (χ4n) is 0.918. The number of ketones is 1. The second-order valence-electron chi connectivity index (χ2n) is 2.84. The highest BCUT2D eigenvalue weighted by Crippen LogP contribution is 1.98. The predicted octanol–water partition coefficient (Wildman–Crippen LogP) is -0.774. The number of carboxylic acid groups (broad SMARTS) is 1. The molecule has 15 heavy (non-hydrogen) atoms. The molecule has 1 atom stereocenters. The minimum absolute atomic E-state index is 0.0419. The van der Waals surface area contributed by atoms with Crippen molar-refractivity contribution in [3.8, 4) is 0 Å². The SMILES string of the molecule is CC(=O)NC(CCC(=O)C=[N+]=[N-])C(=O)O. The molecule has 0 fully saturated rings. The molecule has 0 aromatic rings. The maximum absolute atomic E-state index is 10.8. The lowest BCUT2D eigenvalue weighted by molar-refractivity contribution is -0.141. The summed E-state index contributed by atoms with van der Waals surface area (Å²) < 4.78 is 0. The van der Waals surface area contributed by atoms with Crippen LogP contribution in [0.25, 0.3) is 5.53 Å². The van der Waals surface area contributed by atoms with Crippen LogP contribution in [0.15, 0.2) is 0 Å². The van der Waals surface area contributed by atoms with Crippen LogP contribution in [0.4, 0.5) is 0 Å². The molecule has 0 saturated carbocycles. The largest absolute Gasteiger partial charge is 0.480 e. The van der Waals surface area contributed by atoms with E-state index in [1.807, 2.05) is 0 Å². The van der Waals surface area contributed by atoms with Gasteiger partial charge in [-0.15, -0.1) is 0 Å². The van der Waals surface area contributed by atoms with Gasteiger partial charge in [-0.3, -0.25) is 9.59 Å². The molecule has 0 saturated heterocycles. The Kier molecular flexibility index (Phi) is 5.58. The van der Waals surface area contributed by atoms with Crippen molar-refractivity contribution < 1.29 is 24.3 Å². The average Bonchev–Trinajstić information content (AvgIpc) is 2.11. The first kappa shape index (κ1) is 13.0. The fourth-order valence-corrected chi connectivity index (χ4v) is 0.918. The zero-order valence-corrected chi connectivity index (χ0v) is 8.14. The molecule has 0 aromatic carbocycles. The zero-order valence-electron chi connectivity index (χ0n) is 8.14. The Morgan fingerprint density at radius 3 is 2.53 bits per heavy atom. The van der Waals surface area contributed by atoms with E-state index in [1.54, 1.807) is 0 Å². The van der Waals surface area contributed by atoms with Crippen molar-refractivity contribution in [1.29, 1.82) is 0 Å². The third-order valence-corrected chi connectivity index (χ3v) is 1.56. The summed E-state index contributed by atoms with van der Waals surface area (Å²) in [4.78, 5) is 34.6. The van der Waals surface area contributed by atoms with Gasteiger partial charge in [0.05, 0.1) is 0 Å². The highest BCUT2D eigenvalue weighted by molar-refractivity contribution is 6.25. The summed E-state index contributed by atoms with van der Waals surface area (Å²) >= 11 is 0. The van der Waals surface area contributed by atoms with Crippen LogP contribution in [-0.4, -0.2) is 39.8 Å². The second-order valence-corrected chi connectivity index (χ2v) is 2.84. The molecule has 7 nitrogen and oxygen atoms in total. The molecule has 0 heterocycles. The lowest BCUT2D eigenvalue weighted by Gasteiger charge is -2.10. The molecular formula is C8H11N3O4. The highest BCUT2D eigenvalue weighted by atomic mass is 16.4. The quantitative estimate of drug-likeness (QED) is 0.341. The summed E-state index contributed by atoms with van der Waals surface area (Å²) in [5, 5.41) is 10.8. The third-order valence-electron chi connectivity index (χ3n) is 1.56. The summed E-state index contributed by atoms with van der Waals surface area (Å²) in [5.74, 6) is -2.20. The van der Waals surface area contributed by atoms with Gasteiger partial charge in [-0.1, -0.05) is 0 Å². The lowest BCUT2D eigenvalue weighted by Crippen LogP contribution is -2.39. The van der Waals surface area contributed by atoms with Crippen molar-refractivity contribution in [3.05, 3.63) is 5.53 Å². The first-order valence-corrected chi connectivity index (χ1v) is 4.17. The topological polar surface area (TPSA) is 120 Å². The van der Waals surface area contributed by atoms with Crippen LogP contribution >= 0.6 is 0 Å². The number of aliphatic carboxylic acids is 1.